The second kappa shape index (κ2) is 10.3. The third-order valence-electron chi connectivity index (χ3n) is 4.56. The van der Waals surface area contributed by atoms with Gasteiger partial charge in [-0.2, -0.15) is 8.42 Å². The van der Waals surface area contributed by atoms with Crippen molar-refractivity contribution < 1.29 is 22.1 Å². The minimum Gasteiger partial charge on any atom is -0.489 e. The molecule has 9 heteroatoms. The Labute approximate surface area is 195 Å². The molecule has 0 bridgehead atoms. The standard InChI is InChI=1S/C23H23BrN2O5S/c1-32(28,29)31-23(22(25)27,19-7-3-2-4-8-19)26-15-17-10-12-21(13-11-17)30-16-18-6-5-9-20(24)14-18/h2-14,26H,15-16H2,1H3,(H2,25,27). The Morgan fingerprint density at radius 2 is 1.69 bits per heavy atom. The van der Waals surface area contributed by atoms with E-state index in [1.165, 1.54) is 0 Å². The number of nitrogens with one attached hydrogen (secondary N) is 1. The normalized spacial score (nSPS) is 13.3. The van der Waals surface area contributed by atoms with Crippen molar-refractivity contribution in [2.24, 2.45) is 5.73 Å². The average Bonchev–Trinajstić information content (AvgIpc) is 2.75. The molecule has 0 saturated heterocycles. The van der Waals surface area contributed by atoms with Crippen molar-refractivity contribution in [1.82, 2.24) is 5.32 Å². The van der Waals surface area contributed by atoms with Crippen LogP contribution < -0.4 is 15.8 Å². The highest BCUT2D eigenvalue weighted by molar-refractivity contribution is 9.10. The molecule has 3 aromatic carbocycles. The first-order chi connectivity index (χ1) is 15.2. The van der Waals surface area contributed by atoms with Crippen molar-refractivity contribution in [2.45, 2.75) is 18.9 Å². The van der Waals surface area contributed by atoms with Crippen LogP contribution in [0.15, 0.2) is 83.3 Å². The highest BCUT2D eigenvalue weighted by Gasteiger charge is 2.43. The second-order valence-corrected chi connectivity index (χ2v) is 9.61. The van der Waals surface area contributed by atoms with Gasteiger partial charge < -0.3 is 10.5 Å². The molecule has 0 aliphatic carbocycles. The number of halogens is 1. The van der Waals surface area contributed by atoms with Crippen LogP contribution in [-0.4, -0.2) is 20.6 Å². The summed E-state index contributed by atoms with van der Waals surface area (Å²) in [7, 11) is -4.01. The molecular formula is C23H23BrN2O5S. The van der Waals surface area contributed by atoms with Gasteiger partial charge in [0, 0.05) is 16.6 Å². The molecular weight excluding hydrogens is 496 g/mol. The zero-order valence-electron chi connectivity index (χ0n) is 17.3. The van der Waals surface area contributed by atoms with Crippen LogP contribution in [0.5, 0.6) is 5.75 Å². The molecule has 0 saturated carbocycles. The Morgan fingerprint density at radius 3 is 2.28 bits per heavy atom. The van der Waals surface area contributed by atoms with Gasteiger partial charge in [-0.05, 0) is 35.4 Å². The molecule has 0 aliphatic heterocycles. The lowest BCUT2D eigenvalue weighted by Gasteiger charge is -2.31. The fourth-order valence-corrected chi connectivity index (χ4v) is 4.21. The summed E-state index contributed by atoms with van der Waals surface area (Å²) in [4.78, 5) is 12.4. The van der Waals surface area contributed by atoms with Crippen LogP contribution in [0.25, 0.3) is 0 Å². The number of hydrogen-bond acceptors (Lipinski definition) is 6. The fourth-order valence-electron chi connectivity index (χ4n) is 3.07. The highest BCUT2D eigenvalue weighted by Crippen LogP contribution is 2.26. The summed E-state index contributed by atoms with van der Waals surface area (Å²) in [6.45, 7) is 0.539. The maximum Gasteiger partial charge on any atom is 0.271 e. The summed E-state index contributed by atoms with van der Waals surface area (Å²) in [6.07, 6.45) is 0.868. The summed E-state index contributed by atoms with van der Waals surface area (Å²) in [5, 5.41) is 2.88. The quantitative estimate of drug-likeness (QED) is 0.314. The molecule has 32 heavy (non-hydrogen) atoms. The first-order valence-corrected chi connectivity index (χ1v) is 12.3. The Balaban J connectivity index is 1.73. The number of hydrogen-bond donors (Lipinski definition) is 2. The van der Waals surface area contributed by atoms with Crippen LogP contribution in [0.3, 0.4) is 0 Å². The van der Waals surface area contributed by atoms with E-state index in [-0.39, 0.29) is 12.1 Å². The Kier molecular flexibility index (Phi) is 7.68. The number of primary amides is 1. The molecule has 0 spiro atoms. The van der Waals surface area contributed by atoms with Crippen molar-refractivity contribution in [2.75, 3.05) is 6.26 Å². The second-order valence-electron chi connectivity index (χ2n) is 7.12. The van der Waals surface area contributed by atoms with Crippen molar-refractivity contribution in [1.29, 1.82) is 0 Å². The van der Waals surface area contributed by atoms with Crippen LogP contribution >= 0.6 is 15.9 Å². The molecule has 0 radical (unpaired) electrons. The molecule has 0 fully saturated rings. The van der Waals surface area contributed by atoms with E-state index in [1.807, 2.05) is 24.3 Å². The Bertz CT molecular complexity index is 1170. The summed E-state index contributed by atoms with van der Waals surface area (Å²) < 4.78 is 35.8. The van der Waals surface area contributed by atoms with Gasteiger partial charge in [-0.15, -0.1) is 0 Å². The lowest BCUT2D eigenvalue weighted by Crippen LogP contribution is -2.55. The van der Waals surface area contributed by atoms with E-state index in [0.717, 1.165) is 21.9 Å². The van der Waals surface area contributed by atoms with E-state index in [1.54, 1.807) is 54.6 Å². The molecule has 1 unspecified atom stereocenters. The van der Waals surface area contributed by atoms with Crippen LogP contribution in [0, 0.1) is 0 Å². The maximum atomic E-state index is 12.4. The van der Waals surface area contributed by atoms with E-state index in [2.05, 4.69) is 21.2 Å². The lowest BCUT2D eigenvalue weighted by atomic mass is 10.0. The third-order valence-corrected chi connectivity index (χ3v) is 5.61. The Morgan fingerprint density at radius 1 is 1.00 bits per heavy atom. The summed E-state index contributed by atoms with van der Waals surface area (Å²) in [6, 6.07) is 23.2. The SMILES string of the molecule is CS(=O)(=O)OC(NCc1ccc(OCc2cccc(Br)c2)cc1)(C(N)=O)c1ccccc1. The van der Waals surface area contributed by atoms with Crippen molar-refractivity contribution in [3.8, 4) is 5.75 Å². The molecule has 168 valence electrons. The van der Waals surface area contributed by atoms with E-state index < -0.39 is 21.8 Å². The van der Waals surface area contributed by atoms with Gasteiger partial charge in [0.1, 0.15) is 12.4 Å². The van der Waals surface area contributed by atoms with Crippen LogP contribution in [-0.2, 0) is 38.0 Å². The minimum absolute atomic E-state index is 0.124. The van der Waals surface area contributed by atoms with Gasteiger partial charge in [-0.1, -0.05) is 70.5 Å². The van der Waals surface area contributed by atoms with Gasteiger partial charge in [0.2, 0.25) is 5.72 Å². The molecule has 3 rings (SSSR count). The number of benzene rings is 3. The van der Waals surface area contributed by atoms with Crippen LogP contribution in [0.2, 0.25) is 0 Å². The zero-order valence-corrected chi connectivity index (χ0v) is 19.7. The van der Waals surface area contributed by atoms with Crippen molar-refractivity contribution in [3.05, 3.63) is 100 Å². The highest BCUT2D eigenvalue weighted by atomic mass is 79.9. The molecule has 0 heterocycles. The molecule has 0 aliphatic rings. The zero-order chi connectivity index (χ0) is 23.2. The summed E-state index contributed by atoms with van der Waals surface area (Å²) in [5.74, 6) is -0.298. The molecule has 7 nitrogen and oxygen atoms in total. The molecule has 1 amide bonds. The van der Waals surface area contributed by atoms with Gasteiger partial charge in [0.15, 0.2) is 0 Å². The first-order valence-electron chi connectivity index (χ1n) is 9.65. The molecule has 0 aromatic heterocycles. The predicted octanol–water partition coefficient (Wildman–Crippen LogP) is 3.43. The smallest absolute Gasteiger partial charge is 0.271 e. The van der Waals surface area contributed by atoms with E-state index in [9.17, 15) is 13.2 Å². The number of nitrogens with two attached hydrogens (primary N) is 1. The molecule has 3 N–H and O–H groups in total. The van der Waals surface area contributed by atoms with Crippen molar-refractivity contribution >= 4 is 32.0 Å². The first kappa shape index (κ1) is 23.9. The van der Waals surface area contributed by atoms with Gasteiger partial charge >= 0.3 is 0 Å². The van der Waals surface area contributed by atoms with Crippen LogP contribution in [0.4, 0.5) is 0 Å². The van der Waals surface area contributed by atoms with E-state index >= 15 is 0 Å². The number of rotatable bonds is 10. The predicted molar refractivity (Wildman–Crippen MR) is 125 cm³/mol. The average molecular weight is 519 g/mol. The largest absolute Gasteiger partial charge is 0.489 e. The number of ether oxygens (including phenoxy) is 1. The van der Waals surface area contributed by atoms with E-state index in [0.29, 0.717) is 12.4 Å². The van der Waals surface area contributed by atoms with Gasteiger partial charge in [0.05, 0.1) is 6.26 Å². The topological polar surface area (TPSA) is 108 Å². The third kappa shape index (κ3) is 6.39. The van der Waals surface area contributed by atoms with Gasteiger partial charge in [-0.25, -0.2) is 4.18 Å². The van der Waals surface area contributed by atoms with Gasteiger partial charge in [0.25, 0.3) is 16.0 Å². The summed E-state index contributed by atoms with van der Waals surface area (Å²) >= 11 is 3.43. The molecule has 1 atom stereocenters. The number of amides is 1. The maximum absolute atomic E-state index is 12.4. The number of carbonyl (C=O) groups excluding carboxylic acids is 1. The lowest BCUT2D eigenvalue weighted by molar-refractivity contribution is -0.137. The monoisotopic (exact) mass is 518 g/mol. The van der Waals surface area contributed by atoms with Crippen molar-refractivity contribution in [3.63, 3.8) is 0 Å². The summed E-state index contributed by atoms with van der Waals surface area (Å²) in [5.41, 5.74) is 5.64. The number of carbonyl (C=O) groups is 1. The fraction of sp³-hybridized carbons (Fsp3) is 0.174. The molecule has 3 aromatic rings. The minimum atomic E-state index is -4.01. The Hall–Kier alpha value is -2.72. The van der Waals surface area contributed by atoms with Crippen LogP contribution in [0.1, 0.15) is 16.7 Å². The van der Waals surface area contributed by atoms with Gasteiger partial charge in [-0.3, -0.25) is 10.1 Å². The van der Waals surface area contributed by atoms with E-state index in [4.69, 9.17) is 14.7 Å².